The van der Waals surface area contributed by atoms with Crippen molar-refractivity contribution >= 4 is 21.4 Å². The van der Waals surface area contributed by atoms with E-state index in [1.54, 1.807) is 0 Å². The van der Waals surface area contributed by atoms with Crippen molar-refractivity contribution in [2.75, 3.05) is 11.6 Å². The van der Waals surface area contributed by atoms with Gasteiger partial charge in [0.15, 0.2) is 9.84 Å². The molecule has 1 aliphatic rings. The highest BCUT2D eigenvalue weighted by molar-refractivity contribution is 7.90. The Kier molecular flexibility index (Phi) is 2.91. The Morgan fingerprint density at radius 1 is 1.41 bits per heavy atom. The van der Waals surface area contributed by atoms with E-state index in [1.165, 1.54) is 6.07 Å². The minimum absolute atomic E-state index is 0.00926. The number of carbonyl (C=O) groups excluding carboxylic acids is 1. The van der Waals surface area contributed by atoms with Crippen LogP contribution in [-0.2, 0) is 14.6 Å². The van der Waals surface area contributed by atoms with Gasteiger partial charge in [0.05, 0.1) is 10.6 Å². The van der Waals surface area contributed by atoms with Crippen LogP contribution in [0.15, 0.2) is 23.1 Å². The highest BCUT2D eigenvalue weighted by atomic mass is 32.2. The molecule has 17 heavy (non-hydrogen) atoms. The minimum Gasteiger partial charge on any atom is -0.323 e. The molecule has 1 saturated carbocycles. The van der Waals surface area contributed by atoms with Gasteiger partial charge >= 0.3 is 0 Å². The molecule has 1 aromatic carbocycles. The maximum Gasteiger partial charge on any atom is 0.227 e. The lowest BCUT2D eigenvalue weighted by Gasteiger charge is -2.07. The lowest BCUT2D eigenvalue weighted by molar-refractivity contribution is -0.117. The summed E-state index contributed by atoms with van der Waals surface area (Å²) in [5.74, 6) is -0.947. The van der Waals surface area contributed by atoms with Crippen molar-refractivity contribution in [3.8, 4) is 0 Å². The number of hydrogen-bond donors (Lipinski definition) is 1. The summed E-state index contributed by atoms with van der Waals surface area (Å²) < 4.78 is 36.0. The van der Waals surface area contributed by atoms with Gasteiger partial charge in [-0.2, -0.15) is 0 Å². The van der Waals surface area contributed by atoms with Crippen LogP contribution in [0, 0.1) is 11.7 Å². The third kappa shape index (κ3) is 2.82. The number of benzene rings is 1. The second-order valence-corrected chi connectivity index (χ2v) is 6.19. The number of rotatable bonds is 3. The summed E-state index contributed by atoms with van der Waals surface area (Å²) in [6.45, 7) is 0. The van der Waals surface area contributed by atoms with Crippen LogP contribution in [0.25, 0.3) is 0 Å². The van der Waals surface area contributed by atoms with Crippen molar-refractivity contribution in [2.45, 2.75) is 17.7 Å². The second-order valence-electron chi connectivity index (χ2n) is 4.18. The third-order valence-electron chi connectivity index (χ3n) is 2.57. The van der Waals surface area contributed by atoms with Crippen molar-refractivity contribution in [3.05, 3.63) is 24.0 Å². The number of sulfone groups is 1. The molecule has 0 atom stereocenters. The van der Waals surface area contributed by atoms with E-state index in [2.05, 4.69) is 5.32 Å². The standard InChI is InChI=1S/C11H12FNO3S/c1-17(15,16)8-4-5-9(12)10(6-8)13-11(14)7-2-3-7/h4-7H,2-3H2,1H3,(H,13,14). The average Bonchev–Trinajstić information content (AvgIpc) is 3.02. The molecule has 0 heterocycles. The predicted octanol–water partition coefficient (Wildman–Crippen LogP) is 1.58. The van der Waals surface area contributed by atoms with Gasteiger partial charge in [-0.1, -0.05) is 0 Å². The monoisotopic (exact) mass is 257 g/mol. The van der Waals surface area contributed by atoms with Gasteiger partial charge in [-0.05, 0) is 31.0 Å². The topological polar surface area (TPSA) is 63.2 Å². The average molecular weight is 257 g/mol. The molecule has 0 aliphatic heterocycles. The Morgan fingerprint density at radius 3 is 2.59 bits per heavy atom. The zero-order valence-electron chi connectivity index (χ0n) is 9.23. The Balaban J connectivity index is 2.29. The number of amides is 1. The lowest BCUT2D eigenvalue weighted by atomic mass is 10.3. The first-order chi connectivity index (χ1) is 7.88. The largest absolute Gasteiger partial charge is 0.323 e. The summed E-state index contributed by atoms with van der Waals surface area (Å²) >= 11 is 0. The third-order valence-corrected chi connectivity index (χ3v) is 3.68. The smallest absolute Gasteiger partial charge is 0.227 e. The number of nitrogens with one attached hydrogen (secondary N) is 1. The molecule has 1 aromatic rings. The van der Waals surface area contributed by atoms with Crippen LogP contribution in [-0.4, -0.2) is 20.6 Å². The summed E-state index contributed by atoms with van der Waals surface area (Å²) in [6, 6.07) is 3.36. The van der Waals surface area contributed by atoms with Crippen LogP contribution >= 0.6 is 0 Å². The SMILES string of the molecule is CS(=O)(=O)c1ccc(F)c(NC(=O)C2CC2)c1. The number of halogens is 1. The molecule has 1 N–H and O–H groups in total. The first-order valence-electron chi connectivity index (χ1n) is 5.18. The second kappa shape index (κ2) is 4.10. The fourth-order valence-electron chi connectivity index (χ4n) is 1.41. The van der Waals surface area contributed by atoms with Crippen LogP contribution in [0.4, 0.5) is 10.1 Å². The molecule has 4 nitrogen and oxygen atoms in total. The van der Waals surface area contributed by atoms with E-state index in [-0.39, 0.29) is 22.4 Å². The van der Waals surface area contributed by atoms with Crippen molar-refractivity contribution in [1.29, 1.82) is 0 Å². The molecule has 1 aliphatic carbocycles. The van der Waals surface area contributed by atoms with Crippen molar-refractivity contribution in [2.24, 2.45) is 5.92 Å². The molecule has 0 aromatic heterocycles. The quantitative estimate of drug-likeness (QED) is 0.836. The predicted molar refractivity (Wildman–Crippen MR) is 60.9 cm³/mol. The molecule has 0 spiro atoms. The molecule has 92 valence electrons. The summed E-state index contributed by atoms with van der Waals surface area (Å²) in [6.07, 6.45) is 2.64. The van der Waals surface area contributed by atoms with Gasteiger partial charge in [0.2, 0.25) is 5.91 Å². The molecular weight excluding hydrogens is 245 g/mol. The fourth-order valence-corrected chi connectivity index (χ4v) is 2.06. The van der Waals surface area contributed by atoms with Gasteiger partial charge in [-0.25, -0.2) is 12.8 Å². The number of carbonyl (C=O) groups is 1. The van der Waals surface area contributed by atoms with E-state index in [1.807, 2.05) is 0 Å². The van der Waals surface area contributed by atoms with Gasteiger partial charge < -0.3 is 5.32 Å². The molecule has 6 heteroatoms. The molecule has 0 saturated heterocycles. The van der Waals surface area contributed by atoms with Gasteiger partial charge in [0, 0.05) is 12.2 Å². The van der Waals surface area contributed by atoms with Gasteiger partial charge in [-0.15, -0.1) is 0 Å². The van der Waals surface area contributed by atoms with Crippen molar-refractivity contribution < 1.29 is 17.6 Å². The summed E-state index contributed by atoms with van der Waals surface area (Å²) in [5, 5.41) is 2.41. The Labute approximate surface area is 98.8 Å². The van der Waals surface area contributed by atoms with E-state index >= 15 is 0 Å². The van der Waals surface area contributed by atoms with E-state index in [0.717, 1.165) is 31.2 Å². The van der Waals surface area contributed by atoms with E-state index < -0.39 is 15.7 Å². The first kappa shape index (κ1) is 12.0. The van der Waals surface area contributed by atoms with E-state index in [9.17, 15) is 17.6 Å². The van der Waals surface area contributed by atoms with Crippen LogP contribution in [0.2, 0.25) is 0 Å². The first-order valence-corrected chi connectivity index (χ1v) is 7.07. The van der Waals surface area contributed by atoms with Crippen LogP contribution in [0.1, 0.15) is 12.8 Å². The van der Waals surface area contributed by atoms with Gasteiger partial charge in [0.25, 0.3) is 0 Å². The highest BCUT2D eigenvalue weighted by Crippen LogP contribution is 2.31. The van der Waals surface area contributed by atoms with E-state index in [0.29, 0.717) is 0 Å². The minimum atomic E-state index is -3.40. The normalized spacial score (nSPS) is 15.6. The Hall–Kier alpha value is -1.43. The Bertz CT molecular complexity index is 564. The van der Waals surface area contributed by atoms with Crippen LogP contribution < -0.4 is 5.32 Å². The summed E-state index contributed by atoms with van der Waals surface area (Å²) in [7, 11) is -3.40. The molecule has 1 fully saturated rings. The van der Waals surface area contributed by atoms with Crippen molar-refractivity contribution in [1.82, 2.24) is 0 Å². The summed E-state index contributed by atoms with van der Waals surface area (Å²) in [4.78, 5) is 11.5. The van der Waals surface area contributed by atoms with Crippen LogP contribution in [0.3, 0.4) is 0 Å². The summed E-state index contributed by atoms with van der Waals surface area (Å²) in [5.41, 5.74) is -0.0789. The van der Waals surface area contributed by atoms with E-state index in [4.69, 9.17) is 0 Å². The molecular formula is C11H12FNO3S. The highest BCUT2D eigenvalue weighted by Gasteiger charge is 2.30. The number of hydrogen-bond acceptors (Lipinski definition) is 3. The van der Waals surface area contributed by atoms with Gasteiger partial charge in [-0.3, -0.25) is 4.79 Å². The molecule has 0 radical (unpaired) electrons. The molecule has 0 unspecified atom stereocenters. The van der Waals surface area contributed by atoms with Crippen LogP contribution in [0.5, 0.6) is 0 Å². The zero-order chi connectivity index (χ0) is 12.6. The lowest BCUT2D eigenvalue weighted by Crippen LogP contribution is -2.14. The Morgan fingerprint density at radius 2 is 2.06 bits per heavy atom. The zero-order valence-corrected chi connectivity index (χ0v) is 10.1. The van der Waals surface area contributed by atoms with Crippen molar-refractivity contribution in [3.63, 3.8) is 0 Å². The van der Waals surface area contributed by atoms with Gasteiger partial charge in [0.1, 0.15) is 5.82 Å². The molecule has 2 rings (SSSR count). The number of anilines is 1. The maximum atomic E-state index is 13.4. The maximum absolute atomic E-state index is 13.4. The molecule has 0 bridgehead atoms. The fraction of sp³-hybridized carbons (Fsp3) is 0.364. The molecule has 1 amide bonds.